The Hall–Kier alpha value is -1.00. The van der Waals surface area contributed by atoms with E-state index in [0.717, 1.165) is 12.1 Å². The Labute approximate surface area is 75.0 Å². The van der Waals surface area contributed by atoms with Gasteiger partial charge in [0.2, 0.25) is 0 Å². The molecule has 0 heterocycles. The van der Waals surface area contributed by atoms with Crippen molar-refractivity contribution in [1.29, 1.82) is 0 Å². The number of nitrogens with two attached hydrogens (primary N) is 1. The first-order chi connectivity index (χ1) is 6.06. The van der Waals surface area contributed by atoms with E-state index in [4.69, 9.17) is 10.8 Å². The van der Waals surface area contributed by atoms with Gasteiger partial charge in [0.25, 0.3) is 0 Å². The summed E-state index contributed by atoms with van der Waals surface area (Å²) >= 11 is 0. The lowest BCUT2D eigenvalue weighted by molar-refractivity contribution is 0.267. The van der Waals surface area contributed by atoms with Crippen LogP contribution in [0.5, 0.6) is 0 Å². The fraction of sp³-hybridized carbons (Fsp3) is 0.333. The van der Waals surface area contributed by atoms with Crippen LogP contribution >= 0.6 is 0 Å². The highest BCUT2D eigenvalue weighted by molar-refractivity contribution is 5.30. The van der Waals surface area contributed by atoms with Crippen LogP contribution in [0.3, 0.4) is 0 Å². The Morgan fingerprint density at radius 1 is 1.46 bits per heavy atom. The quantitative estimate of drug-likeness (QED) is 0.732. The number of hydrogen-bond acceptors (Lipinski definition) is 2. The lowest BCUT2D eigenvalue weighted by Gasteiger charge is -2.12. The Morgan fingerprint density at radius 3 is 2.62 bits per heavy atom. The van der Waals surface area contributed by atoms with Gasteiger partial charge < -0.3 is 10.8 Å². The first kappa shape index (κ1) is 10.1. The summed E-state index contributed by atoms with van der Waals surface area (Å²) in [5.74, 6) is -1.32. The molecule has 0 aliphatic carbocycles. The largest absolute Gasteiger partial charge is 0.394 e. The number of rotatable bonds is 2. The maximum absolute atomic E-state index is 13.0. The minimum atomic E-state index is -0.731. The SMILES string of the molecule is Cc1c(F)cc(F)cc1[C@H](N)CO. The van der Waals surface area contributed by atoms with E-state index >= 15 is 0 Å². The topological polar surface area (TPSA) is 46.2 Å². The summed E-state index contributed by atoms with van der Waals surface area (Å²) in [5, 5.41) is 8.72. The van der Waals surface area contributed by atoms with Gasteiger partial charge in [-0.15, -0.1) is 0 Å². The molecule has 3 N–H and O–H groups in total. The molecule has 1 atom stereocenters. The molecule has 0 unspecified atom stereocenters. The van der Waals surface area contributed by atoms with Crippen molar-refractivity contribution in [3.63, 3.8) is 0 Å². The van der Waals surface area contributed by atoms with Gasteiger partial charge >= 0.3 is 0 Å². The maximum Gasteiger partial charge on any atom is 0.129 e. The van der Waals surface area contributed by atoms with E-state index in [1.54, 1.807) is 0 Å². The van der Waals surface area contributed by atoms with E-state index in [1.165, 1.54) is 6.92 Å². The van der Waals surface area contributed by atoms with Crippen LogP contribution in [-0.4, -0.2) is 11.7 Å². The molecule has 0 aliphatic rings. The molecule has 0 saturated heterocycles. The monoisotopic (exact) mass is 187 g/mol. The molecule has 0 saturated carbocycles. The predicted octanol–water partition coefficient (Wildman–Crippen LogP) is 1.27. The van der Waals surface area contributed by atoms with Crippen molar-refractivity contribution >= 4 is 0 Å². The van der Waals surface area contributed by atoms with Crippen molar-refractivity contribution in [2.45, 2.75) is 13.0 Å². The van der Waals surface area contributed by atoms with Crippen LogP contribution in [0.4, 0.5) is 8.78 Å². The fourth-order valence-electron chi connectivity index (χ4n) is 1.15. The van der Waals surface area contributed by atoms with Crippen molar-refractivity contribution in [1.82, 2.24) is 0 Å². The van der Waals surface area contributed by atoms with Crippen molar-refractivity contribution in [2.24, 2.45) is 5.73 Å². The van der Waals surface area contributed by atoms with Crippen molar-refractivity contribution < 1.29 is 13.9 Å². The summed E-state index contributed by atoms with van der Waals surface area (Å²) in [5.41, 5.74) is 6.04. The lowest BCUT2D eigenvalue weighted by Crippen LogP contribution is -2.16. The van der Waals surface area contributed by atoms with Crippen LogP contribution in [0.25, 0.3) is 0 Å². The van der Waals surface area contributed by atoms with Crippen molar-refractivity contribution in [3.8, 4) is 0 Å². The van der Waals surface area contributed by atoms with E-state index in [2.05, 4.69) is 0 Å². The van der Waals surface area contributed by atoms with Crippen molar-refractivity contribution in [2.75, 3.05) is 6.61 Å². The highest BCUT2D eigenvalue weighted by atomic mass is 19.1. The second-order valence-corrected chi connectivity index (χ2v) is 2.89. The van der Waals surface area contributed by atoms with Gasteiger partial charge in [0.05, 0.1) is 12.6 Å². The van der Waals surface area contributed by atoms with Gasteiger partial charge in [-0.05, 0) is 24.1 Å². The molecule has 0 aliphatic heterocycles. The zero-order valence-corrected chi connectivity index (χ0v) is 7.22. The highest BCUT2D eigenvalue weighted by Crippen LogP contribution is 2.19. The number of benzene rings is 1. The summed E-state index contributed by atoms with van der Waals surface area (Å²) in [7, 11) is 0. The van der Waals surface area contributed by atoms with E-state index < -0.39 is 17.7 Å². The molecule has 0 bridgehead atoms. The van der Waals surface area contributed by atoms with E-state index in [0.29, 0.717) is 5.56 Å². The van der Waals surface area contributed by atoms with Gasteiger partial charge in [0.15, 0.2) is 0 Å². The molecule has 13 heavy (non-hydrogen) atoms. The van der Waals surface area contributed by atoms with Crippen LogP contribution in [-0.2, 0) is 0 Å². The van der Waals surface area contributed by atoms with Gasteiger partial charge in [0.1, 0.15) is 11.6 Å². The molecule has 2 nitrogen and oxygen atoms in total. The average Bonchev–Trinajstić information content (AvgIpc) is 2.10. The number of aliphatic hydroxyl groups excluding tert-OH is 1. The Balaban J connectivity index is 3.20. The molecule has 0 amide bonds. The molecule has 0 fully saturated rings. The molecule has 0 radical (unpaired) electrons. The Kier molecular flexibility index (Phi) is 2.95. The van der Waals surface area contributed by atoms with E-state index in [1.807, 2.05) is 0 Å². The lowest BCUT2D eigenvalue weighted by atomic mass is 10.0. The molecular formula is C9H11F2NO. The normalized spacial score (nSPS) is 13.0. The highest BCUT2D eigenvalue weighted by Gasteiger charge is 2.12. The Bertz CT molecular complexity index is 315. The van der Waals surface area contributed by atoms with Gasteiger partial charge in [-0.3, -0.25) is 0 Å². The van der Waals surface area contributed by atoms with Crippen LogP contribution in [0.2, 0.25) is 0 Å². The number of aliphatic hydroxyl groups is 1. The van der Waals surface area contributed by atoms with Gasteiger partial charge in [-0.2, -0.15) is 0 Å². The first-order valence-corrected chi connectivity index (χ1v) is 3.88. The minimum absolute atomic E-state index is 0.281. The van der Waals surface area contributed by atoms with Crippen LogP contribution < -0.4 is 5.73 Å². The second kappa shape index (κ2) is 3.81. The maximum atomic E-state index is 13.0. The summed E-state index contributed by atoms with van der Waals surface area (Å²) in [6.07, 6.45) is 0. The zero-order chi connectivity index (χ0) is 10.0. The van der Waals surface area contributed by atoms with E-state index in [9.17, 15) is 8.78 Å². The molecule has 1 rings (SSSR count). The molecule has 0 spiro atoms. The van der Waals surface area contributed by atoms with Gasteiger partial charge in [0, 0.05) is 6.07 Å². The van der Waals surface area contributed by atoms with Crippen LogP contribution in [0, 0.1) is 18.6 Å². The Morgan fingerprint density at radius 2 is 2.08 bits per heavy atom. The molecule has 4 heteroatoms. The van der Waals surface area contributed by atoms with Crippen LogP contribution in [0.1, 0.15) is 17.2 Å². The first-order valence-electron chi connectivity index (χ1n) is 3.88. The third-order valence-electron chi connectivity index (χ3n) is 1.95. The summed E-state index contributed by atoms with van der Waals surface area (Å²) in [4.78, 5) is 0. The number of hydrogen-bond donors (Lipinski definition) is 2. The van der Waals surface area contributed by atoms with Gasteiger partial charge in [-0.1, -0.05) is 0 Å². The smallest absolute Gasteiger partial charge is 0.129 e. The predicted molar refractivity (Wildman–Crippen MR) is 45.1 cm³/mol. The average molecular weight is 187 g/mol. The standard InChI is InChI=1S/C9H11F2NO/c1-5-7(9(12)4-13)2-6(10)3-8(5)11/h2-3,9,13H,4,12H2,1H3/t9-/m1/s1. The summed E-state index contributed by atoms with van der Waals surface area (Å²) < 4.78 is 25.7. The van der Waals surface area contributed by atoms with Crippen molar-refractivity contribution in [3.05, 3.63) is 34.9 Å². The van der Waals surface area contributed by atoms with Crippen LogP contribution in [0.15, 0.2) is 12.1 Å². The third-order valence-corrected chi connectivity index (χ3v) is 1.95. The molecule has 0 aromatic heterocycles. The molecule has 72 valence electrons. The zero-order valence-electron chi connectivity index (χ0n) is 7.22. The summed E-state index contributed by atoms with van der Waals surface area (Å²) in [6, 6.07) is 1.20. The summed E-state index contributed by atoms with van der Waals surface area (Å²) in [6.45, 7) is 1.17. The molecule has 1 aromatic carbocycles. The minimum Gasteiger partial charge on any atom is -0.394 e. The number of halogens is 2. The fourth-order valence-corrected chi connectivity index (χ4v) is 1.15. The van der Waals surface area contributed by atoms with E-state index in [-0.39, 0.29) is 12.2 Å². The molecule has 1 aromatic rings. The van der Waals surface area contributed by atoms with Gasteiger partial charge in [-0.25, -0.2) is 8.78 Å². The molecular weight excluding hydrogens is 176 g/mol. The second-order valence-electron chi connectivity index (χ2n) is 2.89. The third kappa shape index (κ3) is 2.02.